The summed E-state index contributed by atoms with van der Waals surface area (Å²) < 4.78 is 13.9. The summed E-state index contributed by atoms with van der Waals surface area (Å²) in [5.41, 5.74) is 7.05. The van der Waals surface area contributed by atoms with Crippen LogP contribution in [-0.2, 0) is 6.54 Å². The van der Waals surface area contributed by atoms with E-state index in [0.29, 0.717) is 26.9 Å². The van der Waals surface area contributed by atoms with Crippen LogP contribution in [0.15, 0.2) is 76.3 Å². The van der Waals surface area contributed by atoms with Crippen LogP contribution in [0.1, 0.15) is 23.2 Å². The molecule has 0 saturated heterocycles. The number of aromatic nitrogens is 2. The molecule has 1 aliphatic heterocycles. The molecule has 2 N–H and O–H groups in total. The predicted molar refractivity (Wildman–Crippen MR) is 145 cm³/mol. The first-order valence-corrected chi connectivity index (χ1v) is 12.6. The van der Waals surface area contributed by atoms with Gasteiger partial charge in [-0.1, -0.05) is 83.3 Å². The molecule has 0 aliphatic carbocycles. The number of benzene rings is 3. The molecule has 2 heterocycles. The van der Waals surface area contributed by atoms with Crippen molar-refractivity contribution in [1.82, 2.24) is 9.13 Å². The van der Waals surface area contributed by atoms with Crippen molar-refractivity contribution in [3.05, 3.63) is 114 Å². The smallest absolute Gasteiger partial charge is 0.334 e. The molecule has 190 valence electrons. The quantitative estimate of drug-likeness (QED) is 0.346. The molecule has 1 aliphatic rings. The van der Waals surface area contributed by atoms with E-state index < -0.39 is 23.3 Å². The minimum atomic E-state index is -0.674. The molecular formula is C27H22Cl3N3O4. The molecule has 0 fully saturated rings. The van der Waals surface area contributed by atoms with E-state index in [2.05, 4.69) is 0 Å². The van der Waals surface area contributed by atoms with Crippen molar-refractivity contribution in [3.8, 4) is 22.8 Å². The van der Waals surface area contributed by atoms with Crippen molar-refractivity contribution in [2.45, 2.75) is 18.6 Å². The van der Waals surface area contributed by atoms with Gasteiger partial charge < -0.3 is 15.2 Å². The number of nitrogens with two attached hydrogens (primary N) is 1. The Morgan fingerprint density at radius 1 is 1.00 bits per heavy atom. The van der Waals surface area contributed by atoms with Gasteiger partial charge in [0, 0.05) is 27.2 Å². The van der Waals surface area contributed by atoms with Gasteiger partial charge in [-0.2, -0.15) is 0 Å². The normalized spacial score (nSPS) is 15.2. The van der Waals surface area contributed by atoms with Gasteiger partial charge in [0.15, 0.2) is 0 Å². The zero-order valence-corrected chi connectivity index (χ0v) is 21.9. The average Bonchev–Trinajstić information content (AvgIpc) is 3.32. The van der Waals surface area contributed by atoms with Crippen LogP contribution in [0.4, 0.5) is 0 Å². The number of methoxy groups -OCH3 is 1. The van der Waals surface area contributed by atoms with Gasteiger partial charge in [-0.25, -0.2) is 4.79 Å². The largest absolute Gasteiger partial charge is 0.495 e. The predicted octanol–water partition coefficient (Wildman–Crippen LogP) is 5.33. The Hall–Kier alpha value is -3.23. The van der Waals surface area contributed by atoms with Crippen molar-refractivity contribution >= 4 is 34.8 Å². The van der Waals surface area contributed by atoms with Crippen LogP contribution < -0.4 is 26.5 Å². The second-order valence-corrected chi connectivity index (χ2v) is 9.74. The zero-order chi connectivity index (χ0) is 26.3. The van der Waals surface area contributed by atoms with Crippen molar-refractivity contribution in [3.63, 3.8) is 0 Å². The zero-order valence-electron chi connectivity index (χ0n) is 19.7. The first-order valence-electron chi connectivity index (χ1n) is 11.4. The fourth-order valence-electron chi connectivity index (χ4n) is 4.60. The molecule has 0 spiro atoms. The standard InChI is InChI=1S/C27H22Cl3N3O4/c1-36-21-12-5-9-16(24(21)30)22-25(34)32(13-19(31)15-7-3-2-4-8-15)27(35)33-20(14-37-26(22)33)23-17(28)10-6-11-18(23)29/h2-12,19-20H,13-14,31H2,1H3. The van der Waals surface area contributed by atoms with E-state index in [1.54, 1.807) is 36.4 Å². The molecule has 2 atom stereocenters. The molecule has 3 aromatic carbocycles. The van der Waals surface area contributed by atoms with E-state index in [1.807, 2.05) is 30.3 Å². The molecule has 5 rings (SSSR count). The summed E-state index contributed by atoms with van der Waals surface area (Å²) in [5.74, 6) is 0.454. The van der Waals surface area contributed by atoms with Gasteiger partial charge in [0.2, 0.25) is 5.88 Å². The summed E-state index contributed by atoms with van der Waals surface area (Å²) >= 11 is 19.6. The lowest BCUT2D eigenvalue weighted by atomic mass is 10.1. The van der Waals surface area contributed by atoms with Crippen molar-refractivity contribution in [2.75, 3.05) is 13.7 Å². The van der Waals surface area contributed by atoms with Gasteiger partial charge >= 0.3 is 5.69 Å². The summed E-state index contributed by atoms with van der Waals surface area (Å²) in [4.78, 5) is 27.8. The van der Waals surface area contributed by atoms with Gasteiger partial charge in [0.05, 0.1) is 18.7 Å². The number of ether oxygens (including phenoxy) is 2. The molecule has 0 saturated carbocycles. The minimum Gasteiger partial charge on any atom is -0.495 e. The third-order valence-electron chi connectivity index (χ3n) is 6.41. The molecule has 0 bridgehead atoms. The third kappa shape index (κ3) is 4.42. The van der Waals surface area contributed by atoms with E-state index in [0.717, 1.165) is 10.1 Å². The summed E-state index contributed by atoms with van der Waals surface area (Å²) in [7, 11) is 1.48. The fourth-order valence-corrected chi connectivity index (χ4v) is 5.54. The first-order chi connectivity index (χ1) is 17.8. The minimum absolute atomic E-state index is 0.0431. The number of rotatable bonds is 6. The first kappa shape index (κ1) is 25.4. The monoisotopic (exact) mass is 557 g/mol. The van der Waals surface area contributed by atoms with Crippen LogP contribution >= 0.6 is 34.8 Å². The lowest BCUT2D eigenvalue weighted by Crippen LogP contribution is -2.43. The summed E-state index contributed by atoms with van der Waals surface area (Å²) in [5, 5.41) is 0.964. The Labute approximate surface area is 227 Å². The molecule has 4 aromatic rings. The second kappa shape index (κ2) is 10.3. The molecule has 0 amide bonds. The van der Waals surface area contributed by atoms with Gasteiger partial charge in [-0.05, 0) is 23.8 Å². The number of nitrogens with zero attached hydrogens (tertiary/aromatic N) is 2. The lowest BCUT2D eigenvalue weighted by molar-refractivity contribution is 0.343. The van der Waals surface area contributed by atoms with Crippen molar-refractivity contribution in [2.24, 2.45) is 5.73 Å². The van der Waals surface area contributed by atoms with Crippen LogP contribution in [0.3, 0.4) is 0 Å². The van der Waals surface area contributed by atoms with E-state index in [-0.39, 0.29) is 29.6 Å². The summed E-state index contributed by atoms with van der Waals surface area (Å²) in [6, 6.07) is 18.1. The van der Waals surface area contributed by atoms with Crippen molar-refractivity contribution < 1.29 is 9.47 Å². The van der Waals surface area contributed by atoms with E-state index in [4.69, 9.17) is 50.0 Å². The van der Waals surface area contributed by atoms with Crippen LogP contribution in [0, 0.1) is 0 Å². The fraction of sp³-hybridized carbons (Fsp3) is 0.185. The molecule has 0 radical (unpaired) electrons. The van der Waals surface area contributed by atoms with E-state index >= 15 is 0 Å². The number of hydrogen-bond acceptors (Lipinski definition) is 5. The summed E-state index contributed by atoms with van der Waals surface area (Å²) in [6.45, 7) is -0.0268. The topological polar surface area (TPSA) is 88.5 Å². The highest BCUT2D eigenvalue weighted by Gasteiger charge is 2.36. The van der Waals surface area contributed by atoms with Crippen LogP contribution in [0.5, 0.6) is 11.6 Å². The summed E-state index contributed by atoms with van der Waals surface area (Å²) in [6.07, 6.45) is 0. The van der Waals surface area contributed by atoms with Gasteiger partial charge in [-0.15, -0.1) is 0 Å². The Morgan fingerprint density at radius 2 is 1.68 bits per heavy atom. The maximum atomic E-state index is 13.9. The highest BCUT2D eigenvalue weighted by atomic mass is 35.5. The average molecular weight is 559 g/mol. The Kier molecular flexibility index (Phi) is 7.05. The van der Waals surface area contributed by atoms with E-state index in [1.165, 1.54) is 11.7 Å². The van der Waals surface area contributed by atoms with Gasteiger partial charge in [-0.3, -0.25) is 13.9 Å². The number of hydrogen-bond donors (Lipinski definition) is 1. The van der Waals surface area contributed by atoms with Gasteiger partial charge in [0.1, 0.15) is 24.0 Å². The number of fused-ring (bicyclic) bond motifs is 1. The maximum Gasteiger partial charge on any atom is 0.334 e. The van der Waals surface area contributed by atoms with Crippen LogP contribution in [0.2, 0.25) is 15.1 Å². The molecule has 10 heteroatoms. The number of halogens is 3. The second-order valence-electron chi connectivity index (χ2n) is 8.55. The Morgan fingerprint density at radius 3 is 2.35 bits per heavy atom. The Bertz CT molecular complexity index is 1580. The molecular weight excluding hydrogens is 537 g/mol. The molecule has 7 nitrogen and oxygen atoms in total. The van der Waals surface area contributed by atoms with Crippen LogP contribution in [0.25, 0.3) is 11.1 Å². The van der Waals surface area contributed by atoms with Gasteiger partial charge in [0.25, 0.3) is 5.56 Å². The SMILES string of the molecule is COc1cccc(-c2c3n(c(=O)n(CC(N)c4ccccc4)c2=O)C(c2c(Cl)cccc2Cl)CO3)c1Cl. The van der Waals surface area contributed by atoms with Crippen LogP contribution in [-0.4, -0.2) is 22.9 Å². The van der Waals surface area contributed by atoms with E-state index in [9.17, 15) is 9.59 Å². The third-order valence-corrected chi connectivity index (χ3v) is 7.46. The molecule has 1 aromatic heterocycles. The maximum absolute atomic E-state index is 13.9. The lowest BCUT2D eigenvalue weighted by Gasteiger charge is -2.20. The molecule has 2 unspecified atom stereocenters. The Balaban J connectivity index is 1.78. The molecule has 37 heavy (non-hydrogen) atoms. The van der Waals surface area contributed by atoms with Crippen molar-refractivity contribution in [1.29, 1.82) is 0 Å². The highest BCUT2D eigenvalue weighted by molar-refractivity contribution is 6.36. The highest BCUT2D eigenvalue weighted by Crippen LogP contribution is 2.43.